The van der Waals surface area contributed by atoms with E-state index >= 15 is 0 Å². The number of hydrogen-bond donors (Lipinski definition) is 1. The van der Waals surface area contributed by atoms with Crippen LogP contribution in [-0.4, -0.2) is 26.5 Å². The minimum atomic E-state index is 0.156. The van der Waals surface area contributed by atoms with Crippen LogP contribution in [0.15, 0.2) is 35.8 Å². The summed E-state index contributed by atoms with van der Waals surface area (Å²) in [5.74, 6) is 0.471. The van der Waals surface area contributed by atoms with E-state index in [9.17, 15) is 0 Å². The summed E-state index contributed by atoms with van der Waals surface area (Å²) >= 11 is 11.7. The normalized spacial score (nSPS) is 11.8. The van der Waals surface area contributed by atoms with E-state index in [0.29, 0.717) is 22.2 Å². The molecule has 0 radical (unpaired) electrons. The molecular formula is C10H9Cl2N5. The molecule has 1 heterocycles. The second-order valence-electron chi connectivity index (χ2n) is 3.18. The van der Waals surface area contributed by atoms with Gasteiger partial charge in [0.2, 0.25) is 0 Å². The number of alkyl halides is 1. The molecule has 2 rings (SSSR count). The third-order valence-corrected chi connectivity index (χ3v) is 2.59. The average Bonchev–Trinajstić information content (AvgIpc) is 2.82. The molecular weight excluding hydrogens is 261 g/mol. The van der Waals surface area contributed by atoms with Crippen LogP contribution >= 0.6 is 23.2 Å². The molecule has 17 heavy (non-hydrogen) atoms. The Hall–Kier alpha value is -1.59. The van der Waals surface area contributed by atoms with E-state index in [1.807, 2.05) is 0 Å². The number of halogens is 2. The Bertz CT molecular complexity index is 536. The number of nitrogens with two attached hydrogens (primary N) is 1. The number of para-hydroxylation sites is 1. The standard InChI is InChI=1S/C10H9Cl2N5/c11-4-9(13)16-8-3-1-2-7(12)10(8)17-6-14-5-15-17/h1-3,5-6H,4H2,(H2,13,16). The van der Waals surface area contributed by atoms with Crippen LogP contribution in [0.4, 0.5) is 5.69 Å². The van der Waals surface area contributed by atoms with Gasteiger partial charge in [0.15, 0.2) is 0 Å². The molecule has 0 aliphatic heterocycles. The Balaban J connectivity index is 2.57. The van der Waals surface area contributed by atoms with Gasteiger partial charge in [0.25, 0.3) is 0 Å². The molecule has 1 aromatic heterocycles. The fourth-order valence-corrected chi connectivity index (χ4v) is 1.65. The van der Waals surface area contributed by atoms with Crippen molar-refractivity contribution >= 4 is 34.7 Å². The Kier molecular flexibility index (Phi) is 3.61. The first-order valence-electron chi connectivity index (χ1n) is 4.75. The summed E-state index contributed by atoms with van der Waals surface area (Å²) in [5.41, 5.74) is 6.83. The van der Waals surface area contributed by atoms with Crippen molar-refractivity contribution in [3.05, 3.63) is 35.9 Å². The summed E-state index contributed by atoms with van der Waals surface area (Å²) in [7, 11) is 0. The molecule has 0 amide bonds. The molecule has 0 bridgehead atoms. The molecule has 88 valence electrons. The largest absolute Gasteiger partial charge is 0.386 e. The van der Waals surface area contributed by atoms with Crippen molar-refractivity contribution in [2.75, 3.05) is 5.88 Å². The number of hydrogen-bond acceptors (Lipinski definition) is 3. The van der Waals surface area contributed by atoms with Gasteiger partial charge in [-0.25, -0.2) is 14.7 Å². The van der Waals surface area contributed by atoms with Gasteiger partial charge in [0.1, 0.15) is 24.2 Å². The zero-order valence-electron chi connectivity index (χ0n) is 8.72. The molecule has 0 spiro atoms. The summed E-state index contributed by atoms with van der Waals surface area (Å²) in [6.07, 6.45) is 2.96. The molecule has 0 saturated heterocycles. The zero-order chi connectivity index (χ0) is 12.3. The number of aromatic nitrogens is 3. The molecule has 0 unspecified atom stereocenters. The van der Waals surface area contributed by atoms with Crippen molar-refractivity contribution in [3.63, 3.8) is 0 Å². The predicted octanol–water partition coefficient (Wildman–Crippen LogP) is 2.15. The molecule has 0 fully saturated rings. The maximum absolute atomic E-state index is 6.12. The van der Waals surface area contributed by atoms with Crippen LogP contribution in [0.2, 0.25) is 5.02 Å². The molecule has 5 nitrogen and oxygen atoms in total. The van der Waals surface area contributed by atoms with Crippen LogP contribution < -0.4 is 5.73 Å². The van der Waals surface area contributed by atoms with Crippen LogP contribution in [0.1, 0.15) is 0 Å². The van der Waals surface area contributed by atoms with E-state index in [0.717, 1.165) is 0 Å². The summed E-state index contributed by atoms with van der Waals surface area (Å²) in [5, 5.41) is 4.53. The monoisotopic (exact) mass is 269 g/mol. The van der Waals surface area contributed by atoms with Gasteiger partial charge in [-0.2, -0.15) is 5.10 Å². The SMILES string of the molecule is NC(CCl)=Nc1cccc(Cl)c1-n1cncn1. The molecule has 1 aromatic carbocycles. The molecule has 2 aromatic rings. The smallest absolute Gasteiger partial charge is 0.138 e. The minimum Gasteiger partial charge on any atom is -0.386 e. The van der Waals surface area contributed by atoms with Crippen LogP contribution in [0.3, 0.4) is 0 Å². The second kappa shape index (κ2) is 5.16. The Morgan fingerprint density at radius 2 is 2.29 bits per heavy atom. The maximum Gasteiger partial charge on any atom is 0.138 e. The highest BCUT2D eigenvalue weighted by Gasteiger charge is 2.09. The average molecular weight is 270 g/mol. The quantitative estimate of drug-likeness (QED) is 0.527. The molecule has 0 aliphatic rings. The highest BCUT2D eigenvalue weighted by Crippen LogP contribution is 2.29. The van der Waals surface area contributed by atoms with Gasteiger partial charge in [-0.05, 0) is 12.1 Å². The topological polar surface area (TPSA) is 69.1 Å². The van der Waals surface area contributed by atoms with Crippen molar-refractivity contribution in [3.8, 4) is 5.69 Å². The summed E-state index contributed by atoms with van der Waals surface area (Å²) in [6, 6.07) is 5.31. The summed E-state index contributed by atoms with van der Waals surface area (Å²) in [6.45, 7) is 0. The molecule has 0 saturated carbocycles. The fourth-order valence-electron chi connectivity index (χ4n) is 1.33. The first-order valence-corrected chi connectivity index (χ1v) is 5.66. The lowest BCUT2D eigenvalue weighted by molar-refractivity contribution is 0.879. The Labute approximate surface area is 108 Å². The lowest BCUT2D eigenvalue weighted by Gasteiger charge is -2.07. The van der Waals surface area contributed by atoms with E-state index < -0.39 is 0 Å². The third-order valence-electron chi connectivity index (χ3n) is 2.01. The van der Waals surface area contributed by atoms with Crippen LogP contribution in [0, 0.1) is 0 Å². The number of nitrogens with zero attached hydrogens (tertiary/aromatic N) is 4. The van der Waals surface area contributed by atoms with Crippen LogP contribution in [-0.2, 0) is 0 Å². The van der Waals surface area contributed by atoms with E-state index in [1.165, 1.54) is 17.3 Å². The van der Waals surface area contributed by atoms with Gasteiger partial charge in [-0.15, -0.1) is 11.6 Å². The lowest BCUT2D eigenvalue weighted by atomic mass is 10.2. The van der Waals surface area contributed by atoms with Gasteiger partial charge < -0.3 is 5.73 Å². The Morgan fingerprint density at radius 3 is 2.94 bits per heavy atom. The highest BCUT2D eigenvalue weighted by molar-refractivity contribution is 6.33. The van der Waals surface area contributed by atoms with Crippen molar-refractivity contribution in [2.45, 2.75) is 0 Å². The predicted molar refractivity (Wildman–Crippen MR) is 68.4 cm³/mol. The molecule has 0 atom stereocenters. The van der Waals surface area contributed by atoms with Crippen molar-refractivity contribution in [2.24, 2.45) is 10.7 Å². The highest BCUT2D eigenvalue weighted by atomic mass is 35.5. The Morgan fingerprint density at radius 1 is 1.47 bits per heavy atom. The van der Waals surface area contributed by atoms with Gasteiger partial charge >= 0.3 is 0 Å². The van der Waals surface area contributed by atoms with Crippen molar-refractivity contribution < 1.29 is 0 Å². The lowest BCUT2D eigenvalue weighted by Crippen LogP contribution is -2.12. The van der Waals surface area contributed by atoms with Crippen LogP contribution in [0.5, 0.6) is 0 Å². The van der Waals surface area contributed by atoms with Crippen molar-refractivity contribution in [1.82, 2.24) is 14.8 Å². The van der Waals surface area contributed by atoms with Crippen LogP contribution in [0.25, 0.3) is 5.69 Å². The van der Waals surface area contributed by atoms with E-state index in [-0.39, 0.29) is 5.88 Å². The van der Waals surface area contributed by atoms with E-state index in [1.54, 1.807) is 18.2 Å². The molecule has 0 aliphatic carbocycles. The third kappa shape index (κ3) is 2.57. The van der Waals surface area contributed by atoms with E-state index in [2.05, 4.69) is 15.1 Å². The first-order chi connectivity index (χ1) is 8.22. The number of amidine groups is 1. The fraction of sp³-hybridized carbons (Fsp3) is 0.100. The number of rotatable bonds is 3. The van der Waals surface area contributed by atoms with Gasteiger partial charge in [-0.3, -0.25) is 0 Å². The number of benzene rings is 1. The molecule has 2 N–H and O–H groups in total. The first kappa shape index (κ1) is 11.9. The van der Waals surface area contributed by atoms with Crippen molar-refractivity contribution in [1.29, 1.82) is 0 Å². The summed E-state index contributed by atoms with van der Waals surface area (Å²) < 4.78 is 1.53. The maximum atomic E-state index is 6.12. The minimum absolute atomic E-state index is 0.156. The van der Waals surface area contributed by atoms with E-state index in [4.69, 9.17) is 28.9 Å². The van der Waals surface area contributed by atoms with Gasteiger partial charge in [0, 0.05) is 0 Å². The summed E-state index contributed by atoms with van der Waals surface area (Å²) in [4.78, 5) is 8.05. The number of aliphatic imine (C=N–C) groups is 1. The van der Waals surface area contributed by atoms with Gasteiger partial charge in [0.05, 0.1) is 16.6 Å². The van der Waals surface area contributed by atoms with Gasteiger partial charge in [-0.1, -0.05) is 17.7 Å². The second-order valence-corrected chi connectivity index (χ2v) is 3.86. The molecule has 7 heteroatoms. The zero-order valence-corrected chi connectivity index (χ0v) is 10.2.